The van der Waals surface area contributed by atoms with Crippen LogP contribution in [0.2, 0.25) is 0 Å². The molecule has 1 aliphatic heterocycles. The Balaban J connectivity index is 2.49. The molecule has 0 unspecified atom stereocenters. The second-order valence-electron chi connectivity index (χ2n) is 5.97. The average Bonchev–Trinajstić information content (AvgIpc) is 2.09. The summed E-state index contributed by atoms with van der Waals surface area (Å²) in [5.41, 5.74) is -0.756. The molecule has 0 aromatic rings. The van der Waals surface area contributed by atoms with E-state index in [9.17, 15) is 13.5 Å². The normalized spacial score (nSPS) is 21.8. The molecule has 0 aromatic heterocycles. The molecule has 1 rings (SSSR count). The fourth-order valence-electron chi connectivity index (χ4n) is 1.59. The highest BCUT2D eigenvalue weighted by Crippen LogP contribution is 2.28. The van der Waals surface area contributed by atoms with Crippen molar-refractivity contribution in [3.63, 3.8) is 0 Å². The third-order valence-corrected chi connectivity index (χ3v) is 4.87. The van der Waals surface area contributed by atoms with Gasteiger partial charge in [-0.25, -0.2) is 8.42 Å². The molecule has 1 saturated heterocycles. The molecular weight excluding hydrogens is 226 g/mol. The lowest BCUT2D eigenvalue weighted by Crippen LogP contribution is -2.63. The van der Waals surface area contributed by atoms with Crippen LogP contribution in [-0.4, -0.2) is 42.3 Å². The van der Waals surface area contributed by atoms with Gasteiger partial charge in [-0.3, -0.25) is 0 Å². The van der Waals surface area contributed by atoms with Gasteiger partial charge in [-0.2, -0.15) is 4.31 Å². The van der Waals surface area contributed by atoms with Crippen molar-refractivity contribution in [1.29, 1.82) is 0 Å². The van der Waals surface area contributed by atoms with Gasteiger partial charge in [0.2, 0.25) is 10.0 Å². The van der Waals surface area contributed by atoms with Gasteiger partial charge in [-0.05, 0) is 18.3 Å². The SMILES string of the molecule is CCC1(O)CN(S(=O)(=O)CCC(C)(C)C)C1. The van der Waals surface area contributed by atoms with E-state index in [4.69, 9.17) is 0 Å². The smallest absolute Gasteiger partial charge is 0.214 e. The zero-order chi connectivity index (χ0) is 12.6. The fraction of sp³-hybridized carbons (Fsp3) is 1.00. The van der Waals surface area contributed by atoms with E-state index in [2.05, 4.69) is 0 Å². The van der Waals surface area contributed by atoms with E-state index in [0.717, 1.165) is 0 Å². The summed E-state index contributed by atoms with van der Waals surface area (Å²) in [4.78, 5) is 0. The summed E-state index contributed by atoms with van der Waals surface area (Å²) in [7, 11) is -3.16. The van der Waals surface area contributed by atoms with Crippen molar-refractivity contribution in [3.05, 3.63) is 0 Å². The van der Waals surface area contributed by atoms with Gasteiger partial charge in [-0.15, -0.1) is 0 Å². The summed E-state index contributed by atoms with van der Waals surface area (Å²) < 4.78 is 25.1. The van der Waals surface area contributed by atoms with Crippen LogP contribution in [0.25, 0.3) is 0 Å². The van der Waals surface area contributed by atoms with Crippen LogP contribution in [0, 0.1) is 5.41 Å². The van der Waals surface area contributed by atoms with Crippen LogP contribution in [0.5, 0.6) is 0 Å². The molecule has 0 aromatic carbocycles. The number of aliphatic hydroxyl groups is 1. The van der Waals surface area contributed by atoms with Crippen molar-refractivity contribution < 1.29 is 13.5 Å². The van der Waals surface area contributed by atoms with Crippen molar-refractivity contribution >= 4 is 10.0 Å². The van der Waals surface area contributed by atoms with E-state index in [-0.39, 0.29) is 24.3 Å². The lowest BCUT2D eigenvalue weighted by molar-refractivity contribution is -0.0613. The van der Waals surface area contributed by atoms with Gasteiger partial charge in [-0.1, -0.05) is 27.7 Å². The zero-order valence-corrected chi connectivity index (χ0v) is 11.5. The van der Waals surface area contributed by atoms with Crippen LogP contribution in [0.15, 0.2) is 0 Å². The number of nitrogens with zero attached hydrogens (tertiary/aromatic N) is 1. The Hall–Kier alpha value is -0.130. The van der Waals surface area contributed by atoms with E-state index in [0.29, 0.717) is 12.8 Å². The fourth-order valence-corrected chi connectivity index (χ4v) is 3.60. The van der Waals surface area contributed by atoms with Crippen molar-refractivity contribution in [2.24, 2.45) is 5.41 Å². The average molecular weight is 249 g/mol. The Morgan fingerprint density at radius 3 is 2.19 bits per heavy atom. The highest BCUT2D eigenvalue weighted by atomic mass is 32.2. The molecule has 1 heterocycles. The quantitative estimate of drug-likeness (QED) is 0.814. The third-order valence-electron chi connectivity index (χ3n) is 3.10. The summed E-state index contributed by atoms with van der Waals surface area (Å²) in [6.45, 7) is 8.48. The van der Waals surface area contributed by atoms with E-state index in [1.165, 1.54) is 4.31 Å². The maximum atomic E-state index is 11.9. The van der Waals surface area contributed by atoms with Crippen LogP contribution >= 0.6 is 0 Å². The lowest BCUT2D eigenvalue weighted by Gasteiger charge is -2.45. The Kier molecular flexibility index (Phi) is 3.72. The summed E-state index contributed by atoms with van der Waals surface area (Å²) in [6.07, 6.45) is 1.26. The highest BCUT2D eigenvalue weighted by molar-refractivity contribution is 7.89. The predicted octanol–water partition coefficient (Wildman–Crippen LogP) is 1.21. The molecule has 5 heteroatoms. The van der Waals surface area contributed by atoms with Gasteiger partial charge >= 0.3 is 0 Å². The number of β-amino-alcohol motifs (C(OH)–C–C–N with tert-alkyl or cyclic N) is 1. The Morgan fingerprint density at radius 2 is 1.81 bits per heavy atom. The molecule has 0 spiro atoms. The van der Waals surface area contributed by atoms with Gasteiger partial charge < -0.3 is 5.11 Å². The first-order chi connectivity index (χ1) is 7.08. The first-order valence-corrected chi connectivity index (χ1v) is 7.39. The molecule has 4 nitrogen and oxygen atoms in total. The van der Waals surface area contributed by atoms with Crippen LogP contribution in [-0.2, 0) is 10.0 Å². The Labute approximate surface area is 98.7 Å². The van der Waals surface area contributed by atoms with Crippen LogP contribution < -0.4 is 0 Å². The zero-order valence-electron chi connectivity index (χ0n) is 10.7. The number of sulfonamides is 1. The number of hydrogen-bond donors (Lipinski definition) is 1. The summed E-state index contributed by atoms with van der Waals surface area (Å²) in [5, 5.41) is 9.77. The molecule has 96 valence electrons. The minimum absolute atomic E-state index is 0.0268. The summed E-state index contributed by atoms with van der Waals surface area (Å²) in [5.74, 6) is 0.177. The molecular formula is C11H23NO3S. The standard InChI is InChI=1S/C11H23NO3S/c1-5-11(13)8-12(9-11)16(14,15)7-6-10(2,3)4/h13H,5-9H2,1-4H3. The van der Waals surface area contributed by atoms with Gasteiger partial charge in [0.15, 0.2) is 0 Å². The van der Waals surface area contributed by atoms with E-state index >= 15 is 0 Å². The highest BCUT2D eigenvalue weighted by Gasteiger charge is 2.45. The van der Waals surface area contributed by atoms with E-state index < -0.39 is 15.6 Å². The predicted molar refractivity (Wildman–Crippen MR) is 64.7 cm³/mol. The number of hydrogen-bond acceptors (Lipinski definition) is 3. The van der Waals surface area contributed by atoms with Crippen LogP contribution in [0.3, 0.4) is 0 Å². The van der Waals surface area contributed by atoms with Gasteiger partial charge in [0.1, 0.15) is 0 Å². The van der Waals surface area contributed by atoms with Gasteiger partial charge in [0, 0.05) is 13.1 Å². The molecule has 0 atom stereocenters. The third kappa shape index (κ3) is 3.43. The van der Waals surface area contributed by atoms with E-state index in [1.54, 1.807) is 0 Å². The topological polar surface area (TPSA) is 57.6 Å². The maximum absolute atomic E-state index is 11.9. The van der Waals surface area contributed by atoms with Crippen LogP contribution in [0.4, 0.5) is 0 Å². The molecule has 1 fully saturated rings. The van der Waals surface area contributed by atoms with Crippen molar-refractivity contribution in [1.82, 2.24) is 4.31 Å². The molecule has 1 aliphatic rings. The van der Waals surface area contributed by atoms with Crippen molar-refractivity contribution in [2.45, 2.75) is 46.1 Å². The first kappa shape index (κ1) is 13.9. The van der Waals surface area contributed by atoms with Crippen molar-refractivity contribution in [2.75, 3.05) is 18.8 Å². The largest absolute Gasteiger partial charge is 0.387 e. The molecule has 0 radical (unpaired) electrons. The van der Waals surface area contributed by atoms with E-state index in [1.807, 2.05) is 27.7 Å². The minimum Gasteiger partial charge on any atom is -0.387 e. The molecule has 16 heavy (non-hydrogen) atoms. The minimum atomic E-state index is -3.16. The van der Waals surface area contributed by atoms with Gasteiger partial charge in [0.05, 0.1) is 11.4 Å². The van der Waals surface area contributed by atoms with Gasteiger partial charge in [0.25, 0.3) is 0 Å². The summed E-state index contributed by atoms with van der Waals surface area (Å²) in [6, 6.07) is 0. The second kappa shape index (κ2) is 4.27. The molecule has 0 aliphatic carbocycles. The molecule has 0 bridgehead atoms. The Bertz CT molecular complexity index is 337. The van der Waals surface area contributed by atoms with Crippen LogP contribution in [0.1, 0.15) is 40.5 Å². The van der Waals surface area contributed by atoms with Crippen molar-refractivity contribution in [3.8, 4) is 0 Å². The molecule has 0 amide bonds. The monoisotopic (exact) mass is 249 g/mol. The Morgan fingerprint density at radius 1 is 1.31 bits per heavy atom. The second-order valence-corrected chi connectivity index (χ2v) is 8.06. The maximum Gasteiger partial charge on any atom is 0.214 e. The first-order valence-electron chi connectivity index (χ1n) is 5.78. The molecule has 0 saturated carbocycles. The lowest BCUT2D eigenvalue weighted by atomic mass is 9.94. The summed E-state index contributed by atoms with van der Waals surface area (Å²) >= 11 is 0. The number of rotatable bonds is 4. The molecule has 1 N–H and O–H groups in total.